The van der Waals surface area contributed by atoms with Gasteiger partial charge in [-0.05, 0) is 46.7 Å². The Morgan fingerprint density at radius 3 is 2.56 bits per heavy atom. The van der Waals surface area contributed by atoms with Gasteiger partial charge in [-0.15, -0.1) is 0 Å². The zero-order valence-corrected chi connectivity index (χ0v) is 15.6. The molecule has 2 rings (SSSR count). The smallest absolute Gasteiger partial charge is 0.273 e. The summed E-state index contributed by atoms with van der Waals surface area (Å²) in [7, 11) is 2.05. The molecule has 0 amide bonds. The van der Waals surface area contributed by atoms with Gasteiger partial charge >= 0.3 is 0 Å². The van der Waals surface area contributed by atoms with Crippen LogP contribution in [0.1, 0.15) is 33.6 Å². The number of rotatable bonds is 7. The zero-order valence-electron chi connectivity index (χ0n) is 15.6. The van der Waals surface area contributed by atoms with Crippen LogP contribution in [-0.2, 0) is 0 Å². The molecule has 1 aromatic carbocycles. The molecule has 0 unspecified atom stereocenters. The van der Waals surface area contributed by atoms with Crippen molar-refractivity contribution in [1.82, 2.24) is 4.90 Å². The lowest BCUT2D eigenvalue weighted by molar-refractivity contribution is -0.384. The van der Waals surface area contributed by atoms with Crippen molar-refractivity contribution in [3.63, 3.8) is 0 Å². The van der Waals surface area contributed by atoms with Gasteiger partial charge < -0.3 is 19.6 Å². The maximum atomic E-state index is 11.0. The fourth-order valence-corrected chi connectivity index (χ4v) is 3.44. The van der Waals surface area contributed by atoms with Crippen molar-refractivity contribution in [3.8, 4) is 5.75 Å². The van der Waals surface area contributed by atoms with Crippen LogP contribution in [0.2, 0.25) is 0 Å². The van der Waals surface area contributed by atoms with Crippen LogP contribution in [-0.4, -0.2) is 59.9 Å². The highest BCUT2D eigenvalue weighted by atomic mass is 16.6. The molecule has 7 nitrogen and oxygen atoms in total. The van der Waals surface area contributed by atoms with Crippen LogP contribution < -0.4 is 9.64 Å². The number of likely N-dealkylation sites (N-methyl/N-ethyl adjacent to an activating group) is 1. The molecule has 0 aromatic heterocycles. The topological polar surface area (TPSA) is 79.1 Å². The molecule has 140 valence electrons. The van der Waals surface area contributed by atoms with Gasteiger partial charge in [0.1, 0.15) is 5.75 Å². The van der Waals surface area contributed by atoms with Crippen LogP contribution in [0, 0.1) is 10.1 Å². The highest BCUT2D eigenvalue weighted by Gasteiger charge is 2.27. The van der Waals surface area contributed by atoms with E-state index in [1.807, 2.05) is 20.8 Å². The summed E-state index contributed by atoms with van der Waals surface area (Å²) in [5, 5.41) is 21.0. The van der Waals surface area contributed by atoms with E-state index in [-0.39, 0.29) is 5.69 Å². The number of aliphatic hydroxyl groups is 1. The molecule has 25 heavy (non-hydrogen) atoms. The van der Waals surface area contributed by atoms with Crippen molar-refractivity contribution in [1.29, 1.82) is 0 Å². The molecular formula is C18H29N3O4. The Labute approximate surface area is 149 Å². The first-order valence-corrected chi connectivity index (χ1v) is 8.80. The van der Waals surface area contributed by atoms with E-state index in [2.05, 4.69) is 16.8 Å². The summed E-state index contributed by atoms with van der Waals surface area (Å²) in [6.45, 7) is 8.35. The van der Waals surface area contributed by atoms with E-state index in [0.29, 0.717) is 24.9 Å². The van der Waals surface area contributed by atoms with Crippen LogP contribution >= 0.6 is 0 Å². The molecule has 1 fully saturated rings. The second-order valence-corrected chi connectivity index (χ2v) is 7.29. The summed E-state index contributed by atoms with van der Waals surface area (Å²) in [4.78, 5) is 15.0. The van der Waals surface area contributed by atoms with E-state index < -0.39 is 10.5 Å². The third kappa shape index (κ3) is 5.31. The molecule has 0 radical (unpaired) electrons. The Morgan fingerprint density at radius 1 is 1.40 bits per heavy atom. The van der Waals surface area contributed by atoms with Crippen molar-refractivity contribution in [2.45, 2.75) is 45.3 Å². The predicted octanol–water partition coefficient (Wildman–Crippen LogP) is 2.67. The lowest BCUT2D eigenvalue weighted by Gasteiger charge is -2.39. The molecule has 1 N–H and O–H groups in total. The number of nitro benzene ring substituents is 1. The average Bonchev–Trinajstić information content (AvgIpc) is 2.53. The Hall–Kier alpha value is -1.86. The van der Waals surface area contributed by atoms with Crippen LogP contribution in [0.15, 0.2) is 18.2 Å². The molecule has 1 aromatic rings. The summed E-state index contributed by atoms with van der Waals surface area (Å²) in [6, 6.07) is 5.25. The molecule has 1 saturated heterocycles. The van der Waals surface area contributed by atoms with Crippen LogP contribution in [0.3, 0.4) is 0 Å². The molecule has 1 heterocycles. The Bertz CT molecular complexity index is 592. The number of benzene rings is 1. The maximum absolute atomic E-state index is 11.0. The number of non-ortho nitro benzene ring substituents is 1. The predicted molar refractivity (Wildman–Crippen MR) is 98.4 cm³/mol. The summed E-state index contributed by atoms with van der Waals surface area (Å²) in [5.41, 5.74) is 0.259. The molecule has 0 bridgehead atoms. The number of hydrogen-bond donors (Lipinski definition) is 1. The highest BCUT2D eigenvalue weighted by Crippen LogP contribution is 2.34. The zero-order chi connectivity index (χ0) is 18.6. The molecule has 0 saturated carbocycles. The molecule has 0 atom stereocenters. The summed E-state index contributed by atoms with van der Waals surface area (Å²) < 4.78 is 5.63. The second-order valence-electron chi connectivity index (χ2n) is 7.29. The van der Waals surface area contributed by atoms with Gasteiger partial charge in [0.2, 0.25) is 0 Å². The minimum atomic E-state index is -0.702. The monoisotopic (exact) mass is 351 g/mol. The lowest BCUT2D eigenvalue weighted by Crippen LogP contribution is -2.47. The van der Waals surface area contributed by atoms with E-state index in [1.165, 1.54) is 12.1 Å². The number of nitro groups is 1. The van der Waals surface area contributed by atoms with Crippen molar-refractivity contribution in [2.24, 2.45) is 0 Å². The summed E-state index contributed by atoms with van der Waals surface area (Å²) in [5.74, 6) is 0.569. The highest BCUT2D eigenvalue weighted by molar-refractivity contribution is 5.62. The first kappa shape index (κ1) is 19.5. The SMILES string of the molecule is CCOc1cc([N+](=O)[O-])ccc1N1CCC(N(C)CC(C)(C)O)CC1. The van der Waals surface area contributed by atoms with Gasteiger partial charge in [-0.2, -0.15) is 0 Å². The van der Waals surface area contributed by atoms with Gasteiger partial charge in [0, 0.05) is 31.7 Å². The first-order chi connectivity index (χ1) is 11.7. The third-order valence-corrected chi connectivity index (χ3v) is 4.52. The van der Waals surface area contributed by atoms with E-state index in [0.717, 1.165) is 31.6 Å². The van der Waals surface area contributed by atoms with E-state index in [1.54, 1.807) is 6.07 Å². The molecule has 7 heteroatoms. The van der Waals surface area contributed by atoms with E-state index in [4.69, 9.17) is 4.74 Å². The number of nitrogens with zero attached hydrogens (tertiary/aromatic N) is 3. The molecule has 0 spiro atoms. The Morgan fingerprint density at radius 2 is 2.04 bits per heavy atom. The average molecular weight is 351 g/mol. The maximum Gasteiger partial charge on any atom is 0.273 e. The minimum Gasteiger partial charge on any atom is -0.491 e. The minimum absolute atomic E-state index is 0.0481. The van der Waals surface area contributed by atoms with Crippen LogP contribution in [0.5, 0.6) is 5.75 Å². The lowest BCUT2D eigenvalue weighted by atomic mass is 10.0. The number of anilines is 1. The van der Waals surface area contributed by atoms with Crippen LogP contribution in [0.25, 0.3) is 0 Å². The number of ether oxygens (including phenoxy) is 1. The van der Waals surface area contributed by atoms with E-state index in [9.17, 15) is 15.2 Å². The van der Waals surface area contributed by atoms with Gasteiger partial charge in [-0.3, -0.25) is 10.1 Å². The van der Waals surface area contributed by atoms with Crippen molar-refractivity contribution < 1.29 is 14.8 Å². The number of hydrogen-bond acceptors (Lipinski definition) is 6. The van der Waals surface area contributed by atoms with Crippen molar-refractivity contribution >= 4 is 11.4 Å². The van der Waals surface area contributed by atoms with Crippen LogP contribution in [0.4, 0.5) is 11.4 Å². The summed E-state index contributed by atoms with van der Waals surface area (Å²) in [6.07, 6.45) is 1.96. The van der Waals surface area contributed by atoms with Crippen molar-refractivity contribution in [3.05, 3.63) is 28.3 Å². The van der Waals surface area contributed by atoms with Gasteiger partial charge in [-0.1, -0.05) is 0 Å². The van der Waals surface area contributed by atoms with Gasteiger partial charge in [0.25, 0.3) is 5.69 Å². The normalized spacial score (nSPS) is 16.3. The number of piperidine rings is 1. The Balaban J connectivity index is 2.06. The third-order valence-electron chi connectivity index (χ3n) is 4.52. The van der Waals surface area contributed by atoms with Gasteiger partial charge in [0.15, 0.2) is 0 Å². The fraction of sp³-hybridized carbons (Fsp3) is 0.667. The standard InChI is InChI=1S/C18H29N3O4/c1-5-25-17-12-15(21(23)24)6-7-16(17)20-10-8-14(9-11-20)19(4)13-18(2,3)22/h6-7,12,14,22H,5,8-11,13H2,1-4H3. The fourth-order valence-electron chi connectivity index (χ4n) is 3.44. The second kappa shape index (κ2) is 8.01. The molecule has 0 aliphatic carbocycles. The first-order valence-electron chi connectivity index (χ1n) is 8.80. The quantitative estimate of drug-likeness (QED) is 0.601. The van der Waals surface area contributed by atoms with E-state index >= 15 is 0 Å². The molecule has 1 aliphatic rings. The Kier molecular flexibility index (Phi) is 6.24. The molecular weight excluding hydrogens is 322 g/mol. The largest absolute Gasteiger partial charge is 0.491 e. The molecule has 1 aliphatic heterocycles. The van der Waals surface area contributed by atoms with Gasteiger partial charge in [-0.25, -0.2) is 0 Å². The van der Waals surface area contributed by atoms with Crippen molar-refractivity contribution in [2.75, 3.05) is 38.2 Å². The van der Waals surface area contributed by atoms with Gasteiger partial charge in [0.05, 0.1) is 28.9 Å². The summed E-state index contributed by atoms with van der Waals surface area (Å²) >= 11 is 0.